The van der Waals surface area contributed by atoms with E-state index < -0.39 is 6.10 Å². The Balaban J connectivity index is 1.80. The third-order valence-corrected chi connectivity index (χ3v) is 8.09. The van der Waals surface area contributed by atoms with E-state index in [0.717, 1.165) is 41.7 Å². The molecule has 1 saturated carbocycles. The highest BCUT2D eigenvalue weighted by Gasteiger charge is 2.40. The van der Waals surface area contributed by atoms with Crippen LogP contribution in [-0.2, 0) is 22.6 Å². The molecule has 0 bridgehead atoms. The summed E-state index contributed by atoms with van der Waals surface area (Å²) in [5.41, 5.74) is 4.50. The van der Waals surface area contributed by atoms with E-state index in [1.165, 1.54) is 19.3 Å². The molecule has 0 aromatic heterocycles. The van der Waals surface area contributed by atoms with Gasteiger partial charge in [-0.2, -0.15) is 0 Å². The summed E-state index contributed by atoms with van der Waals surface area (Å²) in [6.45, 7) is 6.31. The van der Waals surface area contributed by atoms with Crippen LogP contribution in [0, 0.1) is 18.8 Å². The van der Waals surface area contributed by atoms with Crippen LogP contribution in [0.15, 0.2) is 66.7 Å². The first-order valence-corrected chi connectivity index (χ1v) is 14.4. The zero-order chi connectivity index (χ0) is 30.4. The minimum atomic E-state index is -1.12. The van der Waals surface area contributed by atoms with Crippen molar-refractivity contribution in [3.05, 3.63) is 94.6 Å². The molecule has 4 rings (SSSR count). The first-order valence-electron chi connectivity index (χ1n) is 14.4. The molecule has 1 fully saturated rings. The zero-order valence-electron chi connectivity index (χ0n) is 25.3. The second kappa shape index (κ2) is 13.7. The Bertz CT molecular complexity index is 1460. The number of aryl methyl sites for hydroxylation is 2. The first kappa shape index (κ1) is 30.8. The average Bonchev–Trinajstić information content (AvgIpc) is 3.82. The first-order chi connectivity index (χ1) is 20.3. The molecule has 0 radical (unpaired) electrons. The Morgan fingerprint density at radius 2 is 1.74 bits per heavy atom. The van der Waals surface area contributed by atoms with Crippen LogP contribution in [-0.4, -0.2) is 38.1 Å². The standard InChI is InChI=1S/C35H41NO6/c1-7-23-19-26(40-4)14-13-25(23)21-36(33(38)17-16-31(37)28-20-24(28)8-2)30-15-12-22(3)18-29(30)34(39)27-10-9-11-32(41-5)35(27)42-6/h9-19,24,28,34,39H,7-8,20-21H2,1-6H3/b17-16+/t24-,28+,34?/m0/s1. The molecule has 3 aromatic rings. The number of ketones is 1. The van der Waals surface area contributed by atoms with Gasteiger partial charge in [0, 0.05) is 23.1 Å². The number of ether oxygens (including phenoxy) is 3. The van der Waals surface area contributed by atoms with Crippen LogP contribution in [0.5, 0.6) is 17.2 Å². The predicted molar refractivity (Wildman–Crippen MR) is 164 cm³/mol. The van der Waals surface area contributed by atoms with Crippen molar-refractivity contribution in [1.82, 2.24) is 0 Å². The van der Waals surface area contributed by atoms with Gasteiger partial charge in [-0.25, -0.2) is 0 Å². The summed E-state index contributed by atoms with van der Waals surface area (Å²) in [5.74, 6) is 1.69. The highest BCUT2D eigenvalue weighted by molar-refractivity contribution is 6.06. The number of nitrogens with zero attached hydrogens (tertiary/aromatic N) is 1. The molecule has 3 atom stereocenters. The van der Waals surface area contributed by atoms with Crippen LogP contribution in [0.2, 0.25) is 0 Å². The normalized spacial score (nSPS) is 16.6. The van der Waals surface area contributed by atoms with Gasteiger partial charge < -0.3 is 24.2 Å². The van der Waals surface area contributed by atoms with Crippen LogP contribution >= 0.6 is 0 Å². The summed E-state index contributed by atoms with van der Waals surface area (Å²) >= 11 is 0. The van der Waals surface area contributed by atoms with Gasteiger partial charge in [0.25, 0.3) is 5.91 Å². The summed E-state index contributed by atoms with van der Waals surface area (Å²) in [7, 11) is 4.70. The lowest BCUT2D eigenvalue weighted by Crippen LogP contribution is -2.31. The minimum Gasteiger partial charge on any atom is -0.497 e. The van der Waals surface area contributed by atoms with Gasteiger partial charge >= 0.3 is 0 Å². The Morgan fingerprint density at radius 1 is 0.952 bits per heavy atom. The number of hydrogen-bond acceptors (Lipinski definition) is 6. The fraction of sp³-hybridized carbons (Fsp3) is 0.371. The van der Waals surface area contributed by atoms with E-state index in [1.54, 1.807) is 37.3 Å². The van der Waals surface area contributed by atoms with Gasteiger partial charge in [0.15, 0.2) is 17.3 Å². The van der Waals surface area contributed by atoms with Gasteiger partial charge in [-0.15, -0.1) is 0 Å². The van der Waals surface area contributed by atoms with Crippen LogP contribution < -0.4 is 19.1 Å². The summed E-state index contributed by atoms with van der Waals surface area (Å²) in [6.07, 6.45) is 4.24. The number of benzene rings is 3. The number of anilines is 1. The predicted octanol–water partition coefficient (Wildman–Crippen LogP) is 6.37. The third-order valence-electron chi connectivity index (χ3n) is 8.09. The van der Waals surface area contributed by atoms with E-state index in [0.29, 0.717) is 34.2 Å². The van der Waals surface area contributed by atoms with Crippen LogP contribution in [0.25, 0.3) is 0 Å². The molecule has 7 nitrogen and oxygen atoms in total. The lowest BCUT2D eigenvalue weighted by molar-refractivity contribution is -0.117. The monoisotopic (exact) mass is 571 g/mol. The molecule has 1 aliphatic rings. The SMILES string of the molecule is CCc1cc(OC)ccc1CN(C(=O)/C=C/C(=O)[C@@H]1C[C@@H]1CC)c1ccc(C)cc1C(O)c1cccc(OC)c1OC. The third kappa shape index (κ3) is 6.68. The molecular formula is C35H41NO6. The molecule has 3 aromatic carbocycles. The molecular weight excluding hydrogens is 530 g/mol. The molecule has 42 heavy (non-hydrogen) atoms. The summed E-state index contributed by atoms with van der Waals surface area (Å²) in [4.78, 5) is 28.3. The van der Waals surface area contributed by atoms with Gasteiger partial charge in [0.05, 0.1) is 33.6 Å². The Kier molecular flexibility index (Phi) is 10.1. The Hall–Kier alpha value is -4.10. The van der Waals surface area contributed by atoms with E-state index in [1.807, 2.05) is 43.3 Å². The molecule has 1 aliphatic carbocycles. The number of aliphatic hydroxyl groups excluding tert-OH is 1. The molecule has 0 aliphatic heterocycles. The molecule has 0 saturated heterocycles. The lowest BCUT2D eigenvalue weighted by Gasteiger charge is -2.28. The summed E-state index contributed by atoms with van der Waals surface area (Å²) in [5, 5.41) is 11.8. The zero-order valence-corrected chi connectivity index (χ0v) is 25.3. The van der Waals surface area contributed by atoms with Crippen molar-refractivity contribution >= 4 is 17.4 Å². The number of carbonyl (C=O) groups is 2. The fourth-order valence-electron chi connectivity index (χ4n) is 5.51. The molecule has 1 unspecified atom stereocenters. The maximum absolute atomic E-state index is 13.9. The van der Waals surface area contributed by atoms with E-state index in [9.17, 15) is 14.7 Å². The van der Waals surface area contributed by atoms with Crippen molar-refractivity contribution in [3.63, 3.8) is 0 Å². The minimum absolute atomic E-state index is 0.00179. The molecule has 1 N–H and O–H groups in total. The van der Waals surface area contributed by atoms with E-state index in [-0.39, 0.29) is 24.2 Å². The second-order valence-corrected chi connectivity index (χ2v) is 10.7. The van der Waals surface area contributed by atoms with Crippen molar-refractivity contribution in [1.29, 1.82) is 0 Å². The second-order valence-electron chi connectivity index (χ2n) is 10.7. The van der Waals surface area contributed by atoms with Gasteiger partial charge in [-0.1, -0.05) is 56.2 Å². The van der Waals surface area contributed by atoms with Crippen molar-refractivity contribution in [2.45, 2.75) is 52.7 Å². The maximum Gasteiger partial charge on any atom is 0.251 e. The molecule has 7 heteroatoms. The van der Waals surface area contributed by atoms with E-state index in [4.69, 9.17) is 14.2 Å². The average molecular weight is 572 g/mol. The maximum atomic E-state index is 13.9. The van der Waals surface area contributed by atoms with Crippen molar-refractivity contribution in [2.75, 3.05) is 26.2 Å². The number of hydrogen-bond donors (Lipinski definition) is 1. The van der Waals surface area contributed by atoms with Crippen LogP contribution in [0.1, 0.15) is 60.6 Å². The van der Waals surface area contributed by atoms with Crippen molar-refractivity contribution in [3.8, 4) is 17.2 Å². The number of para-hydroxylation sites is 1. The molecule has 1 amide bonds. The van der Waals surface area contributed by atoms with Gasteiger partial charge in [-0.05, 0) is 67.2 Å². The number of aliphatic hydroxyl groups is 1. The van der Waals surface area contributed by atoms with E-state index >= 15 is 0 Å². The van der Waals surface area contributed by atoms with E-state index in [2.05, 4.69) is 13.8 Å². The number of rotatable bonds is 13. The summed E-state index contributed by atoms with van der Waals surface area (Å²) in [6, 6.07) is 16.8. The highest BCUT2D eigenvalue weighted by atomic mass is 16.5. The number of carbonyl (C=O) groups excluding carboxylic acids is 2. The highest BCUT2D eigenvalue weighted by Crippen LogP contribution is 2.42. The van der Waals surface area contributed by atoms with Crippen molar-refractivity contribution < 1.29 is 28.9 Å². The quantitative estimate of drug-likeness (QED) is 0.240. The van der Waals surface area contributed by atoms with Gasteiger partial charge in [-0.3, -0.25) is 9.59 Å². The molecule has 0 heterocycles. The van der Waals surface area contributed by atoms with Gasteiger partial charge in [0.2, 0.25) is 0 Å². The summed E-state index contributed by atoms with van der Waals surface area (Å²) < 4.78 is 16.5. The largest absolute Gasteiger partial charge is 0.497 e. The molecule has 222 valence electrons. The lowest BCUT2D eigenvalue weighted by atomic mass is 9.95. The number of methoxy groups -OCH3 is 3. The van der Waals surface area contributed by atoms with Crippen LogP contribution in [0.4, 0.5) is 5.69 Å². The van der Waals surface area contributed by atoms with Crippen molar-refractivity contribution in [2.24, 2.45) is 11.8 Å². The smallest absolute Gasteiger partial charge is 0.251 e. The number of amides is 1. The van der Waals surface area contributed by atoms with Crippen LogP contribution in [0.3, 0.4) is 0 Å². The Morgan fingerprint density at radius 3 is 2.38 bits per heavy atom. The Labute approximate surface area is 248 Å². The topological polar surface area (TPSA) is 85.3 Å². The number of allylic oxidation sites excluding steroid dienone is 1. The fourth-order valence-corrected chi connectivity index (χ4v) is 5.51. The van der Waals surface area contributed by atoms with Gasteiger partial charge in [0.1, 0.15) is 11.9 Å². The molecule has 0 spiro atoms.